The smallest absolute Gasteiger partial charge is 0.242 e. The molecule has 0 spiro atoms. The molecule has 7 nitrogen and oxygen atoms in total. The normalized spacial score (nSPS) is 12.6. The molecule has 2 aromatic heterocycles. The zero-order valence-corrected chi connectivity index (χ0v) is 17.8. The second-order valence-electron chi connectivity index (χ2n) is 7.44. The first-order chi connectivity index (χ1) is 12.8. The molecule has 2 rings (SSSR count). The highest BCUT2D eigenvalue weighted by Crippen LogP contribution is 2.24. The van der Waals surface area contributed by atoms with Crippen LogP contribution in [-0.4, -0.2) is 50.0 Å². The Bertz CT molecular complexity index is 732. The lowest BCUT2D eigenvalue weighted by Gasteiger charge is -2.26. The standard InChI is InChI=1S/C18H27ClN6OS/c1-18(2,3)11-13(16(26)21-6-5-9-27-4)22-15-10-14(19)23-17(24-15)25-8-7-20-12-25/h7-8,10,12-13H,5-6,9,11H2,1-4H3,(H,21,26)(H,22,23,24). The third kappa shape index (κ3) is 7.38. The first kappa shape index (κ1) is 21.5. The molecule has 2 N–H and O–H groups in total. The summed E-state index contributed by atoms with van der Waals surface area (Å²) in [6.45, 7) is 6.97. The van der Waals surface area contributed by atoms with Gasteiger partial charge in [0.05, 0.1) is 0 Å². The fourth-order valence-corrected chi connectivity index (χ4v) is 3.14. The van der Waals surface area contributed by atoms with Crippen molar-refractivity contribution in [2.45, 2.75) is 39.7 Å². The van der Waals surface area contributed by atoms with Gasteiger partial charge in [-0.3, -0.25) is 9.36 Å². The molecular weight excluding hydrogens is 384 g/mol. The maximum Gasteiger partial charge on any atom is 0.242 e. The molecule has 0 radical (unpaired) electrons. The average molecular weight is 411 g/mol. The van der Waals surface area contributed by atoms with Gasteiger partial charge in [0.1, 0.15) is 23.3 Å². The Morgan fingerprint density at radius 2 is 2.15 bits per heavy atom. The van der Waals surface area contributed by atoms with Crippen molar-refractivity contribution in [3.8, 4) is 5.95 Å². The monoisotopic (exact) mass is 410 g/mol. The van der Waals surface area contributed by atoms with Crippen LogP contribution in [0.3, 0.4) is 0 Å². The van der Waals surface area contributed by atoms with E-state index in [0.717, 1.165) is 12.2 Å². The summed E-state index contributed by atoms with van der Waals surface area (Å²) in [6, 6.07) is 1.21. The van der Waals surface area contributed by atoms with Gasteiger partial charge in [0, 0.05) is 25.0 Å². The minimum Gasteiger partial charge on any atom is -0.358 e. The number of rotatable bonds is 9. The van der Waals surface area contributed by atoms with E-state index in [1.807, 2.05) is 0 Å². The minimum atomic E-state index is -0.416. The molecule has 0 aliphatic carbocycles. The number of amides is 1. The molecular formula is C18H27ClN6OS. The van der Waals surface area contributed by atoms with E-state index in [1.54, 1.807) is 41.1 Å². The molecule has 9 heteroatoms. The van der Waals surface area contributed by atoms with E-state index in [2.05, 4.69) is 52.6 Å². The maximum atomic E-state index is 12.7. The molecule has 0 aromatic carbocycles. The number of imidazole rings is 1. The molecule has 0 saturated heterocycles. The fourth-order valence-electron chi connectivity index (χ4n) is 2.52. The van der Waals surface area contributed by atoms with Crippen LogP contribution in [0.15, 0.2) is 24.8 Å². The van der Waals surface area contributed by atoms with Gasteiger partial charge in [-0.05, 0) is 30.3 Å². The van der Waals surface area contributed by atoms with Crippen LogP contribution in [0.25, 0.3) is 5.95 Å². The van der Waals surface area contributed by atoms with E-state index in [4.69, 9.17) is 11.6 Å². The Morgan fingerprint density at radius 3 is 2.78 bits per heavy atom. The summed E-state index contributed by atoms with van der Waals surface area (Å²) < 4.78 is 1.66. The number of thioether (sulfide) groups is 1. The molecule has 148 valence electrons. The van der Waals surface area contributed by atoms with E-state index < -0.39 is 6.04 Å². The molecule has 2 heterocycles. The second kappa shape index (κ2) is 9.94. The predicted octanol–water partition coefficient (Wildman–Crippen LogP) is 3.40. The van der Waals surface area contributed by atoms with Crippen molar-refractivity contribution < 1.29 is 4.79 Å². The molecule has 1 unspecified atom stereocenters. The van der Waals surface area contributed by atoms with Crippen LogP contribution in [0, 0.1) is 5.41 Å². The topological polar surface area (TPSA) is 84.7 Å². The van der Waals surface area contributed by atoms with Crippen molar-refractivity contribution in [1.82, 2.24) is 24.8 Å². The lowest BCUT2D eigenvalue weighted by molar-refractivity contribution is -0.122. The van der Waals surface area contributed by atoms with Crippen LogP contribution in [0.2, 0.25) is 5.15 Å². The first-order valence-electron chi connectivity index (χ1n) is 8.84. The number of nitrogens with one attached hydrogen (secondary N) is 2. The fraction of sp³-hybridized carbons (Fsp3) is 0.556. The molecule has 0 aliphatic rings. The van der Waals surface area contributed by atoms with Gasteiger partial charge < -0.3 is 10.6 Å². The quantitative estimate of drug-likeness (QED) is 0.486. The molecule has 0 fully saturated rings. The lowest BCUT2D eigenvalue weighted by Crippen LogP contribution is -2.42. The third-order valence-corrected chi connectivity index (χ3v) is 4.59. The number of anilines is 1. The summed E-state index contributed by atoms with van der Waals surface area (Å²) in [6.07, 6.45) is 8.63. The predicted molar refractivity (Wildman–Crippen MR) is 112 cm³/mol. The van der Waals surface area contributed by atoms with Crippen LogP contribution in [0.5, 0.6) is 0 Å². The van der Waals surface area contributed by atoms with Crippen LogP contribution >= 0.6 is 23.4 Å². The van der Waals surface area contributed by atoms with Crippen molar-refractivity contribution in [3.63, 3.8) is 0 Å². The zero-order chi connectivity index (χ0) is 19.9. The highest BCUT2D eigenvalue weighted by atomic mass is 35.5. The van der Waals surface area contributed by atoms with Gasteiger partial charge in [-0.15, -0.1) is 0 Å². The molecule has 1 amide bonds. The van der Waals surface area contributed by atoms with Crippen molar-refractivity contribution in [2.75, 3.05) is 23.9 Å². The Balaban J connectivity index is 2.15. The van der Waals surface area contributed by atoms with Crippen LogP contribution in [0.1, 0.15) is 33.6 Å². The number of carbonyl (C=O) groups excluding carboxylic acids is 1. The van der Waals surface area contributed by atoms with Crippen molar-refractivity contribution in [2.24, 2.45) is 5.41 Å². The minimum absolute atomic E-state index is 0.0295. The summed E-state index contributed by atoms with van der Waals surface area (Å²) in [7, 11) is 0. The summed E-state index contributed by atoms with van der Waals surface area (Å²) in [5, 5.41) is 6.54. The number of hydrogen-bond donors (Lipinski definition) is 2. The number of carbonyl (C=O) groups is 1. The number of nitrogens with zero attached hydrogens (tertiary/aromatic N) is 4. The van der Waals surface area contributed by atoms with Gasteiger partial charge in [0.25, 0.3) is 0 Å². The summed E-state index contributed by atoms with van der Waals surface area (Å²) in [5.41, 5.74) is -0.0295. The summed E-state index contributed by atoms with van der Waals surface area (Å²) >= 11 is 7.92. The molecule has 27 heavy (non-hydrogen) atoms. The third-order valence-electron chi connectivity index (χ3n) is 3.70. The first-order valence-corrected chi connectivity index (χ1v) is 10.6. The SMILES string of the molecule is CSCCCNC(=O)C(CC(C)(C)C)Nc1cc(Cl)nc(-n2ccnc2)n1. The highest BCUT2D eigenvalue weighted by Gasteiger charge is 2.25. The number of halogens is 1. The van der Waals surface area contributed by atoms with Crippen LogP contribution in [0.4, 0.5) is 5.82 Å². The average Bonchev–Trinajstić information content (AvgIpc) is 3.11. The van der Waals surface area contributed by atoms with Crippen LogP contribution < -0.4 is 10.6 Å². The lowest BCUT2D eigenvalue weighted by atomic mass is 9.87. The molecule has 1 atom stereocenters. The Kier molecular flexibility index (Phi) is 7.91. The highest BCUT2D eigenvalue weighted by molar-refractivity contribution is 7.98. The molecule has 0 bridgehead atoms. The van der Waals surface area contributed by atoms with Gasteiger partial charge in [-0.25, -0.2) is 9.97 Å². The summed E-state index contributed by atoms with van der Waals surface area (Å²) in [5.74, 6) is 1.89. The second-order valence-corrected chi connectivity index (χ2v) is 8.82. The zero-order valence-electron chi connectivity index (χ0n) is 16.2. The van der Waals surface area contributed by atoms with Crippen molar-refractivity contribution in [3.05, 3.63) is 29.9 Å². The number of aromatic nitrogens is 4. The van der Waals surface area contributed by atoms with Gasteiger partial charge >= 0.3 is 0 Å². The Labute approximate surface area is 169 Å². The Morgan fingerprint density at radius 1 is 1.37 bits per heavy atom. The van der Waals surface area contributed by atoms with E-state index in [1.165, 1.54) is 0 Å². The van der Waals surface area contributed by atoms with Crippen molar-refractivity contribution in [1.29, 1.82) is 0 Å². The van der Waals surface area contributed by atoms with E-state index in [9.17, 15) is 4.79 Å². The molecule has 2 aromatic rings. The van der Waals surface area contributed by atoms with Crippen LogP contribution in [-0.2, 0) is 4.79 Å². The maximum absolute atomic E-state index is 12.7. The Hall–Kier alpha value is -1.80. The van der Waals surface area contributed by atoms with E-state index in [-0.39, 0.29) is 11.3 Å². The van der Waals surface area contributed by atoms with E-state index in [0.29, 0.717) is 29.9 Å². The molecule has 0 aliphatic heterocycles. The van der Waals surface area contributed by atoms with Gasteiger partial charge in [-0.2, -0.15) is 16.7 Å². The van der Waals surface area contributed by atoms with Gasteiger partial charge in [-0.1, -0.05) is 32.4 Å². The summed E-state index contributed by atoms with van der Waals surface area (Å²) in [4.78, 5) is 25.4. The van der Waals surface area contributed by atoms with Gasteiger partial charge in [0.2, 0.25) is 11.9 Å². The van der Waals surface area contributed by atoms with Crippen molar-refractivity contribution >= 4 is 35.1 Å². The van der Waals surface area contributed by atoms with Gasteiger partial charge in [0.15, 0.2) is 0 Å². The number of hydrogen-bond acceptors (Lipinski definition) is 6. The molecule has 0 saturated carbocycles. The van der Waals surface area contributed by atoms with E-state index >= 15 is 0 Å². The largest absolute Gasteiger partial charge is 0.358 e.